The van der Waals surface area contributed by atoms with Gasteiger partial charge in [-0.05, 0) is 36.1 Å². The van der Waals surface area contributed by atoms with Crippen LogP contribution >= 0.6 is 15.9 Å². The molecule has 0 radical (unpaired) electrons. The average molecular weight is 295 g/mol. The van der Waals surface area contributed by atoms with Gasteiger partial charge in [0.1, 0.15) is 12.0 Å². The number of aromatic nitrogens is 1. The largest absolute Gasteiger partial charge is 0.353 e. The van der Waals surface area contributed by atoms with E-state index in [-0.39, 0.29) is 0 Å². The normalized spacial score (nSPS) is 20.1. The lowest BCUT2D eigenvalue weighted by molar-refractivity contribution is 0.364. The molecule has 1 fully saturated rings. The molecule has 17 heavy (non-hydrogen) atoms. The molecule has 0 aliphatic carbocycles. The molecule has 1 aromatic carbocycles. The molecule has 0 spiro atoms. The van der Waals surface area contributed by atoms with Gasteiger partial charge in [-0.15, -0.1) is 0 Å². The number of alkyl halides is 1. The Labute approximate surface area is 108 Å². The van der Waals surface area contributed by atoms with E-state index < -0.39 is 6.17 Å². The SMILES string of the molecule is FC1CCN(c2nccc3cc(Br)ccc23)C1. The summed E-state index contributed by atoms with van der Waals surface area (Å²) in [6, 6.07) is 8.07. The summed E-state index contributed by atoms with van der Waals surface area (Å²) in [6.45, 7) is 1.21. The predicted molar refractivity (Wildman–Crippen MR) is 71.2 cm³/mol. The van der Waals surface area contributed by atoms with Crippen LogP contribution in [-0.4, -0.2) is 24.2 Å². The molecule has 0 saturated carbocycles. The van der Waals surface area contributed by atoms with Gasteiger partial charge in [-0.1, -0.05) is 15.9 Å². The van der Waals surface area contributed by atoms with E-state index in [0.717, 1.165) is 27.6 Å². The number of hydrogen-bond acceptors (Lipinski definition) is 2. The third-order valence-electron chi connectivity index (χ3n) is 3.14. The second-order valence-electron chi connectivity index (χ2n) is 4.33. The van der Waals surface area contributed by atoms with Crippen LogP contribution in [0.4, 0.5) is 10.2 Å². The maximum absolute atomic E-state index is 13.2. The lowest BCUT2D eigenvalue weighted by Crippen LogP contribution is -2.21. The topological polar surface area (TPSA) is 16.1 Å². The summed E-state index contributed by atoms with van der Waals surface area (Å²) in [7, 11) is 0. The predicted octanol–water partition coefficient (Wildman–Crippen LogP) is 3.55. The van der Waals surface area contributed by atoms with Crippen molar-refractivity contribution in [3.05, 3.63) is 34.9 Å². The van der Waals surface area contributed by atoms with Crippen molar-refractivity contribution in [2.75, 3.05) is 18.0 Å². The van der Waals surface area contributed by atoms with Crippen LogP contribution in [0.3, 0.4) is 0 Å². The molecule has 2 nitrogen and oxygen atoms in total. The molecule has 1 saturated heterocycles. The van der Waals surface area contributed by atoms with Crippen LogP contribution in [0.25, 0.3) is 10.8 Å². The molecule has 4 heteroatoms. The van der Waals surface area contributed by atoms with Gasteiger partial charge in [0.2, 0.25) is 0 Å². The zero-order chi connectivity index (χ0) is 11.8. The van der Waals surface area contributed by atoms with E-state index in [9.17, 15) is 4.39 Å². The number of pyridine rings is 1. The highest BCUT2D eigenvalue weighted by Gasteiger charge is 2.23. The number of rotatable bonds is 1. The van der Waals surface area contributed by atoms with Gasteiger partial charge in [0.15, 0.2) is 0 Å². The van der Waals surface area contributed by atoms with Crippen LogP contribution in [-0.2, 0) is 0 Å². The van der Waals surface area contributed by atoms with E-state index in [0.29, 0.717) is 13.0 Å². The van der Waals surface area contributed by atoms with Crippen molar-refractivity contribution in [2.45, 2.75) is 12.6 Å². The van der Waals surface area contributed by atoms with Gasteiger partial charge >= 0.3 is 0 Å². The van der Waals surface area contributed by atoms with E-state index in [4.69, 9.17) is 0 Å². The number of hydrogen-bond donors (Lipinski definition) is 0. The molecular formula is C13H12BrFN2. The summed E-state index contributed by atoms with van der Waals surface area (Å²) in [5.41, 5.74) is 0. The lowest BCUT2D eigenvalue weighted by atomic mass is 10.1. The highest BCUT2D eigenvalue weighted by Crippen LogP contribution is 2.29. The molecule has 88 valence electrons. The molecule has 2 heterocycles. The molecule has 0 amide bonds. The quantitative estimate of drug-likeness (QED) is 0.800. The minimum Gasteiger partial charge on any atom is -0.353 e. The van der Waals surface area contributed by atoms with Crippen molar-refractivity contribution in [1.29, 1.82) is 0 Å². The first-order valence-corrected chi connectivity index (χ1v) is 6.46. The number of nitrogens with zero attached hydrogens (tertiary/aromatic N) is 2. The third-order valence-corrected chi connectivity index (χ3v) is 3.63. The maximum atomic E-state index is 13.2. The van der Waals surface area contributed by atoms with Gasteiger partial charge < -0.3 is 4.90 Å². The average Bonchev–Trinajstić information content (AvgIpc) is 2.74. The molecule has 0 bridgehead atoms. The van der Waals surface area contributed by atoms with Crippen LogP contribution in [0.1, 0.15) is 6.42 Å². The number of anilines is 1. The summed E-state index contributed by atoms with van der Waals surface area (Å²) in [4.78, 5) is 6.43. The van der Waals surface area contributed by atoms with Crippen molar-refractivity contribution < 1.29 is 4.39 Å². The van der Waals surface area contributed by atoms with E-state index in [1.807, 2.05) is 23.1 Å². The minimum atomic E-state index is -0.720. The van der Waals surface area contributed by atoms with Crippen molar-refractivity contribution in [2.24, 2.45) is 0 Å². The number of fused-ring (bicyclic) bond motifs is 1. The molecule has 1 aliphatic heterocycles. The Bertz CT molecular complexity index is 558. The zero-order valence-corrected chi connectivity index (χ0v) is 10.8. The van der Waals surface area contributed by atoms with E-state index >= 15 is 0 Å². The first-order chi connectivity index (χ1) is 8.24. The molecule has 2 aromatic rings. The van der Waals surface area contributed by atoms with Gasteiger partial charge in [0.25, 0.3) is 0 Å². The smallest absolute Gasteiger partial charge is 0.136 e. The Morgan fingerprint density at radius 1 is 1.35 bits per heavy atom. The third kappa shape index (κ3) is 2.02. The Balaban J connectivity index is 2.10. The molecule has 1 unspecified atom stereocenters. The molecule has 3 rings (SSSR count). The number of benzene rings is 1. The van der Waals surface area contributed by atoms with Crippen LogP contribution in [0.5, 0.6) is 0 Å². The fourth-order valence-electron chi connectivity index (χ4n) is 2.29. The summed E-state index contributed by atoms with van der Waals surface area (Å²) in [5.74, 6) is 0.898. The second-order valence-corrected chi connectivity index (χ2v) is 5.25. The summed E-state index contributed by atoms with van der Waals surface area (Å²) in [5, 5.41) is 2.22. The van der Waals surface area contributed by atoms with Crippen molar-refractivity contribution in [3.63, 3.8) is 0 Å². The van der Waals surface area contributed by atoms with Gasteiger partial charge in [-0.25, -0.2) is 9.37 Å². The van der Waals surface area contributed by atoms with Crippen molar-refractivity contribution >= 4 is 32.5 Å². The van der Waals surface area contributed by atoms with E-state index in [1.165, 1.54) is 0 Å². The van der Waals surface area contributed by atoms with Gasteiger partial charge in [0.05, 0.1) is 6.54 Å². The molecule has 1 aliphatic rings. The van der Waals surface area contributed by atoms with E-state index in [1.54, 1.807) is 6.20 Å². The van der Waals surface area contributed by atoms with Gasteiger partial charge in [-0.2, -0.15) is 0 Å². The Hall–Kier alpha value is -1.16. The standard InChI is InChI=1S/C13H12BrFN2/c14-10-1-2-12-9(7-10)3-5-16-13(12)17-6-4-11(15)8-17/h1-3,5,7,11H,4,6,8H2. The Morgan fingerprint density at radius 2 is 2.24 bits per heavy atom. The fraction of sp³-hybridized carbons (Fsp3) is 0.308. The monoisotopic (exact) mass is 294 g/mol. The summed E-state index contributed by atoms with van der Waals surface area (Å²) >= 11 is 3.46. The maximum Gasteiger partial charge on any atom is 0.136 e. The summed E-state index contributed by atoms with van der Waals surface area (Å²) in [6.07, 6.45) is 1.67. The molecule has 1 aromatic heterocycles. The lowest BCUT2D eigenvalue weighted by Gasteiger charge is -2.18. The minimum absolute atomic E-state index is 0.460. The Morgan fingerprint density at radius 3 is 3.00 bits per heavy atom. The first kappa shape index (κ1) is 11.0. The zero-order valence-electron chi connectivity index (χ0n) is 9.24. The van der Waals surface area contributed by atoms with Crippen LogP contribution < -0.4 is 4.90 Å². The second kappa shape index (κ2) is 4.26. The van der Waals surface area contributed by atoms with Crippen LogP contribution in [0.15, 0.2) is 34.9 Å². The highest BCUT2D eigenvalue weighted by molar-refractivity contribution is 9.10. The van der Waals surface area contributed by atoms with Gasteiger partial charge in [0, 0.05) is 22.6 Å². The molecule has 1 atom stereocenters. The van der Waals surface area contributed by atoms with Crippen molar-refractivity contribution in [1.82, 2.24) is 4.98 Å². The first-order valence-electron chi connectivity index (χ1n) is 5.67. The van der Waals surface area contributed by atoms with Crippen LogP contribution in [0, 0.1) is 0 Å². The summed E-state index contributed by atoms with van der Waals surface area (Å²) < 4.78 is 14.3. The molecular weight excluding hydrogens is 283 g/mol. The van der Waals surface area contributed by atoms with E-state index in [2.05, 4.69) is 27.0 Å². The van der Waals surface area contributed by atoms with Gasteiger partial charge in [-0.3, -0.25) is 0 Å². The fourth-order valence-corrected chi connectivity index (χ4v) is 2.67. The van der Waals surface area contributed by atoms with Crippen molar-refractivity contribution in [3.8, 4) is 0 Å². The highest BCUT2D eigenvalue weighted by atomic mass is 79.9. The van der Waals surface area contributed by atoms with Crippen LogP contribution in [0.2, 0.25) is 0 Å². The molecule has 0 N–H and O–H groups in total. The number of halogens is 2. The Kier molecular flexibility index (Phi) is 2.74.